The summed E-state index contributed by atoms with van der Waals surface area (Å²) in [5, 5.41) is 11.0. The Morgan fingerprint density at radius 1 is 1.30 bits per heavy atom. The minimum absolute atomic E-state index is 0.119. The first kappa shape index (κ1) is 17.0. The first-order chi connectivity index (χ1) is 10.9. The lowest BCUT2D eigenvalue weighted by Gasteiger charge is -2.13. The zero-order chi connectivity index (χ0) is 17.0. The van der Waals surface area contributed by atoms with Gasteiger partial charge in [-0.1, -0.05) is 25.5 Å². The van der Waals surface area contributed by atoms with E-state index < -0.39 is 0 Å². The van der Waals surface area contributed by atoms with Gasteiger partial charge < -0.3 is 14.6 Å². The van der Waals surface area contributed by atoms with Crippen molar-refractivity contribution in [2.24, 2.45) is 13.0 Å². The quantitative estimate of drug-likeness (QED) is 0.888. The molecule has 1 heterocycles. The molecule has 0 radical (unpaired) electrons. The summed E-state index contributed by atoms with van der Waals surface area (Å²) < 4.78 is 7.68. The van der Waals surface area contributed by atoms with Crippen molar-refractivity contribution in [3.63, 3.8) is 0 Å². The average Bonchev–Trinajstić information content (AvgIpc) is 2.83. The molecule has 0 bridgehead atoms. The van der Waals surface area contributed by atoms with Gasteiger partial charge in [-0.2, -0.15) is 0 Å². The molecule has 0 saturated heterocycles. The fraction of sp³-hybridized carbons (Fsp3) is 0.471. The highest BCUT2D eigenvalue weighted by molar-refractivity contribution is 5.97. The van der Waals surface area contributed by atoms with E-state index in [-0.39, 0.29) is 12.5 Å². The third kappa shape index (κ3) is 4.31. The summed E-state index contributed by atoms with van der Waals surface area (Å²) in [5.41, 5.74) is 1.56. The molecule has 1 aromatic carbocycles. The molecule has 0 saturated carbocycles. The highest BCUT2D eigenvalue weighted by atomic mass is 16.5. The van der Waals surface area contributed by atoms with Crippen molar-refractivity contribution in [3.8, 4) is 5.75 Å². The zero-order valence-corrected chi connectivity index (χ0v) is 14.4. The number of carbonyl (C=O) groups is 1. The summed E-state index contributed by atoms with van der Waals surface area (Å²) >= 11 is 0. The van der Waals surface area contributed by atoms with Crippen molar-refractivity contribution in [1.29, 1.82) is 0 Å². The van der Waals surface area contributed by atoms with Gasteiger partial charge in [0, 0.05) is 13.6 Å². The van der Waals surface area contributed by atoms with Gasteiger partial charge in [0.05, 0.1) is 5.56 Å². The third-order valence-electron chi connectivity index (χ3n) is 3.59. The van der Waals surface area contributed by atoms with Crippen LogP contribution < -0.4 is 10.1 Å². The molecule has 6 heteroatoms. The number of aryl methyl sites for hydroxylation is 2. The number of nitrogens with one attached hydrogen (secondary N) is 1. The van der Waals surface area contributed by atoms with Crippen molar-refractivity contribution >= 4 is 5.91 Å². The van der Waals surface area contributed by atoms with Gasteiger partial charge in [-0.15, -0.1) is 10.2 Å². The van der Waals surface area contributed by atoms with E-state index in [0.717, 1.165) is 17.2 Å². The van der Waals surface area contributed by atoms with Gasteiger partial charge in [0.25, 0.3) is 5.91 Å². The standard InChI is InChI=1S/C17H24N4O2/c1-11(2)9-18-17(22)14-8-12(3)6-7-15(14)23-10-16-20-19-13(4)21(16)5/h6-8,11H,9-10H2,1-5H3,(H,18,22). The van der Waals surface area contributed by atoms with Crippen LogP contribution in [-0.2, 0) is 13.7 Å². The molecule has 2 aromatic rings. The minimum atomic E-state index is -0.119. The molecule has 0 spiro atoms. The van der Waals surface area contributed by atoms with Crippen LogP contribution in [0.4, 0.5) is 0 Å². The summed E-state index contributed by atoms with van der Waals surface area (Å²) in [6.07, 6.45) is 0. The van der Waals surface area contributed by atoms with Crippen LogP contribution in [0.2, 0.25) is 0 Å². The summed E-state index contributed by atoms with van der Waals surface area (Å²) in [5.74, 6) is 2.37. The van der Waals surface area contributed by atoms with Crippen LogP contribution in [0, 0.1) is 19.8 Å². The molecule has 0 atom stereocenters. The summed E-state index contributed by atoms with van der Waals surface area (Å²) in [6.45, 7) is 8.86. The van der Waals surface area contributed by atoms with Gasteiger partial charge >= 0.3 is 0 Å². The lowest BCUT2D eigenvalue weighted by Crippen LogP contribution is -2.27. The number of ether oxygens (including phenoxy) is 1. The third-order valence-corrected chi connectivity index (χ3v) is 3.59. The fourth-order valence-electron chi connectivity index (χ4n) is 2.06. The molecule has 2 rings (SSSR count). The van der Waals surface area contributed by atoms with Crippen molar-refractivity contribution in [3.05, 3.63) is 41.0 Å². The van der Waals surface area contributed by atoms with Crippen molar-refractivity contribution in [1.82, 2.24) is 20.1 Å². The normalized spacial score (nSPS) is 10.9. The van der Waals surface area contributed by atoms with Gasteiger partial charge in [0.2, 0.25) is 0 Å². The van der Waals surface area contributed by atoms with Crippen LogP contribution in [0.3, 0.4) is 0 Å². The van der Waals surface area contributed by atoms with E-state index in [1.165, 1.54) is 0 Å². The Hall–Kier alpha value is -2.37. The second kappa shape index (κ2) is 7.26. The van der Waals surface area contributed by atoms with Crippen LogP contribution in [0.1, 0.15) is 41.4 Å². The molecule has 1 amide bonds. The van der Waals surface area contributed by atoms with E-state index in [0.29, 0.717) is 23.8 Å². The second-order valence-electron chi connectivity index (χ2n) is 6.11. The van der Waals surface area contributed by atoms with Crippen LogP contribution in [0.5, 0.6) is 5.75 Å². The first-order valence-electron chi connectivity index (χ1n) is 7.75. The Kier molecular flexibility index (Phi) is 5.36. The molecule has 0 aliphatic rings. The lowest BCUT2D eigenvalue weighted by molar-refractivity contribution is 0.0944. The molecule has 0 aliphatic carbocycles. The molecular weight excluding hydrogens is 292 g/mol. The van der Waals surface area contributed by atoms with Crippen molar-refractivity contribution in [2.75, 3.05) is 6.54 Å². The van der Waals surface area contributed by atoms with E-state index >= 15 is 0 Å². The fourth-order valence-corrected chi connectivity index (χ4v) is 2.06. The topological polar surface area (TPSA) is 69.0 Å². The Labute approximate surface area is 136 Å². The maximum Gasteiger partial charge on any atom is 0.255 e. The van der Waals surface area contributed by atoms with Crippen molar-refractivity contribution < 1.29 is 9.53 Å². The Morgan fingerprint density at radius 3 is 2.65 bits per heavy atom. The molecule has 23 heavy (non-hydrogen) atoms. The predicted octanol–water partition coefficient (Wildman–Crippen LogP) is 2.40. The Bertz CT molecular complexity index is 692. The first-order valence-corrected chi connectivity index (χ1v) is 7.75. The lowest BCUT2D eigenvalue weighted by atomic mass is 10.1. The summed E-state index contributed by atoms with van der Waals surface area (Å²) in [7, 11) is 1.89. The van der Waals surface area contributed by atoms with E-state index in [2.05, 4.69) is 29.4 Å². The summed E-state index contributed by atoms with van der Waals surface area (Å²) in [6, 6.07) is 5.59. The Morgan fingerprint density at radius 2 is 2.04 bits per heavy atom. The predicted molar refractivity (Wildman–Crippen MR) is 88.4 cm³/mol. The van der Waals surface area contributed by atoms with Crippen LogP contribution in [0.15, 0.2) is 18.2 Å². The van der Waals surface area contributed by atoms with Crippen LogP contribution in [0.25, 0.3) is 0 Å². The van der Waals surface area contributed by atoms with E-state index in [1.807, 2.05) is 43.7 Å². The molecular formula is C17H24N4O2. The highest BCUT2D eigenvalue weighted by Gasteiger charge is 2.14. The SMILES string of the molecule is Cc1ccc(OCc2nnc(C)n2C)c(C(=O)NCC(C)C)c1. The van der Waals surface area contributed by atoms with Gasteiger partial charge in [-0.05, 0) is 31.9 Å². The van der Waals surface area contributed by atoms with Gasteiger partial charge in [-0.25, -0.2) is 0 Å². The maximum atomic E-state index is 12.4. The van der Waals surface area contributed by atoms with Gasteiger partial charge in [0.15, 0.2) is 5.82 Å². The number of carbonyl (C=O) groups excluding carboxylic acids is 1. The molecule has 0 fully saturated rings. The second-order valence-corrected chi connectivity index (χ2v) is 6.11. The smallest absolute Gasteiger partial charge is 0.255 e. The molecule has 1 aromatic heterocycles. The van der Waals surface area contributed by atoms with Crippen LogP contribution >= 0.6 is 0 Å². The number of aromatic nitrogens is 3. The molecule has 0 aliphatic heterocycles. The highest BCUT2D eigenvalue weighted by Crippen LogP contribution is 2.21. The average molecular weight is 316 g/mol. The number of benzene rings is 1. The Balaban J connectivity index is 2.14. The van der Waals surface area contributed by atoms with E-state index in [1.54, 1.807) is 0 Å². The van der Waals surface area contributed by atoms with E-state index in [9.17, 15) is 4.79 Å². The maximum absolute atomic E-state index is 12.4. The van der Waals surface area contributed by atoms with Gasteiger partial charge in [-0.3, -0.25) is 4.79 Å². The van der Waals surface area contributed by atoms with E-state index in [4.69, 9.17) is 4.74 Å². The largest absolute Gasteiger partial charge is 0.485 e. The summed E-state index contributed by atoms with van der Waals surface area (Å²) in [4.78, 5) is 12.4. The molecule has 1 N–H and O–H groups in total. The molecule has 124 valence electrons. The van der Waals surface area contributed by atoms with Gasteiger partial charge in [0.1, 0.15) is 18.2 Å². The number of rotatable bonds is 6. The monoisotopic (exact) mass is 316 g/mol. The number of nitrogens with zero attached hydrogens (tertiary/aromatic N) is 3. The molecule has 6 nitrogen and oxygen atoms in total. The minimum Gasteiger partial charge on any atom is -0.485 e. The number of amides is 1. The zero-order valence-electron chi connectivity index (χ0n) is 14.4. The van der Waals surface area contributed by atoms with Crippen LogP contribution in [-0.4, -0.2) is 27.2 Å². The number of hydrogen-bond acceptors (Lipinski definition) is 4. The van der Waals surface area contributed by atoms with Crippen molar-refractivity contribution in [2.45, 2.75) is 34.3 Å². The number of hydrogen-bond donors (Lipinski definition) is 1. The molecule has 0 unspecified atom stereocenters.